The smallest absolute Gasteiger partial charge is 0.244 e. The average molecular weight is 501 g/mol. The summed E-state index contributed by atoms with van der Waals surface area (Å²) in [6.07, 6.45) is 1.27. The molecule has 1 aromatic heterocycles. The first kappa shape index (κ1) is 20.5. The van der Waals surface area contributed by atoms with Crippen molar-refractivity contribution in [2.24, 2.45) is 0 Å². The molecule has 2 N–H and O–H groups in total. The van der Waals surface area contributed by atoms with Gasteiger partial charge in [-0.25, -0.2) is 17.8 Å². The van der Waals surface area contributed by atoms with Gasteiger partial charge in [0, 0.05) is 24.2 Å². The number of aliphatic hydroxyl groups excluding tert-OH is 1. The maximum atomic E-state index is 13.8. The van der Waals surface area contributed by atoms with E-state index in [1.807, 2.05) is 0 Å². The summed E-state index contributed by atoms with van der Waals surface area (Å²) < 4.78 is 41.3. The Kier molecular flexibility index (Phi) is 5.52. The highest BCUT2D eigenvalue weighted by Gasteiger charge is 2.33. The first-order valence-corrected chi connectivity index (χ1v) is 11.4. The lowest BCUT2D eigenvalue weighted by atomic mass is 10.2. The molecule has 0 bridgehead atoms. The van der Waals surface area contributed by atoms with E-state index in [0.717, 1.165) is 0 Å². The molecule has 1 aliphatic heterocycles. The fraction of sp³-hybridized carbons (Fsp3) is 0.211. The molecule has 0 radical (unpaired) electrons. The van der Waals surface area contributed by atoms with Crippen LogP contribution in [0, 0.1) is 5.82 Å². The molecule has 0 aliphatic carbocycles. The van der Waals surface area contributed by atoms with E-state index in [2.05, 4.69) is 25.9 Å². The third kappa shape index (κ3) is 3.97. The second-order valence-corrected chi connectivity index (χ2v) is 9.89. The van der Waals surface area contributed by atoms with Crippen LogP contribution in [0.1, 0.15) is 6.42 Å². The van der Waals surface area contributed by atoms with Crippen LogP contribution >= 0.6 is 27.5 Å². The number of imidazole rings is 1. The number of aromatic nitrogens is 2. The molecule has 10 heteroatoms. The Hall–Kier alpha value is -1.78. The van der Waals surface area contributed by atoms with E-state index in [1.165, 1.54) is 22.5 Å². The van der Waals surface area contributed by atoms with Crippen LogP contribution < -0.4 is 0 Å². The third-order valence-corrected chi connectivity index (χ3v) is 7.74. The highest BCUT2D eigenvalue weighted by molar-refractivity contribution is 9.10. The van der Waals surface area contributed by atoms with Crippen molar-refractivity contribution in [3.05, 3.63) is 57.9 Å². The molecule has 1 aliphatic rings. The van der Waals surface area contributed by atoms with Gasteiger partial charge in [0.2, 0.25) is 10.0 Å². The van der Waals surface area contributed by atoms with Crippen molar-refractivity contribution >= 4 is 37.6 Å². The summed E-state index contributed by atoms with van der Waals surface area (Å²) in [7, 11) is -3.84. The zero-order valence-electron chi connectivity index (χ0n) is 14.9. The lowest BCUT2D eigenvalue weighted by Gasteiger charge is -2.17. The van der Waals surface area contributed by atoms with Gasteiger partial charge in [0.1, 0.15) is 16.5 Å². The van der Waals surface area contributed by atoms with E-state index >= 15 is 0 Å². The first-order valence-electron chi connectivity index (χ1n) is 8.74. The molecule has 1 fully saturated rings. The third-order valence-electron chi connectivity index (χ3n) is 4.75. The minimum Gasteiger partial charge on any atom is -0.392 e. The monoisotopic (exact) mass is 499 g/mol. The standard InChI is InChI=1S/C19H16BrClFN3O3S/c20-14-3-1-11(7-16(14)22)17-9-23-19(24-17)12-2-4-15(21)18(8-12)29(27,28)25-6-5-13(26)10-25/h1-4,7-9,13,26H,5-6,10H2,(H,23,24)/t13-/m1/s1. The van der Waals surface area contributed by atoms with Gasteiger partial charge in [-0.05, 0) is 52.7 Å². The highest BCUT2D eigenvalue weighted by Crippen LogP contribution is 2.32. The van der Waals surface area contributed by atoms with Gasteiger partial charge in [-0.3, -0.25) is 0 Å². The first-order chi connectivity index (χ1) is 13.8. The average Bonchev–Trinajstić information content (AvgIpc) is 3.34. The van der Waals surface area contributed by atoms with Crippen LogP contribution in [0.3, 0.4) is 0 Å². The number of rotatable bonds is 4. The minimum atomic E-state index is -3.84. The van der Waals surface area contributed by atoms with E-state index in [9.17, 15) is 17.9 Å². The minimum absolute atomic E-state index is 0.0431. The second-order valence-electron chi connectivity index (χ2n) is 6.73. The molecule has 6 nitrogen and oxygen atoms in total. The lowest BCUT2D eigenvalue weighted by molar-refractivity contribution is 0.189. The Morgan fingerprint density at radius 3 is 2.69 bits per heavy atom. The molecule has 0 unspecified atom stereocenters. The molecular weight excluding hydrogens is 485 g/mol. The number of nitrogens with one attached hydrogen (secondary N) is 1. The predicted molar refractivity (Wildman–Crippen MR) is 112 cm³/mol. The maximum absolute atomic E-state index is 13.8. The van der Waals surface area contributed by atoms with Gasteiger partial charge >= 0.3 is 0 Å². The van der Waals surface area contributed by atoms with Crippen molar-refractivity contribution in [1.29, 1.82) is 0 Å². The van der Waals surface area contributed by atoms with Crippen molar-refractivity contribution in [3.63, 3.8) is 0 Å². The van der Waals surface area contributed by atoms with Gasteiger partial charge in [-0.2, -0.15) is 4.31 Å². The molecule has 29 heavy (non-hydrogen) atoms. The molecule has 3 aromatic rings. The van der Waals surface area contributed by atoms with Crippen molar-refractivity contribution in [3.8, 4) is 22.6 Å². The molecule has 0 saturated carbocycles. The zero-order chi connectivity index (χ0) is 20.8. The van der Waals surface area contributed by atoms with Crippen LogP contribution in [-0.2, 0) is 10.0 Å². The topological polar surface area (TPSA) is 86.3 Å². The van der Waals surface area contributed by atoms with Gasteiger partial charge in [0.25, 0.3) is 0 Å². The van der Waals surface area contributed by atoms with Crippen molar-refractivity contribution in [2.45, 2.75) is 17.4 Å². The Morgan fingerprint density at radius 1 is 1.24 bits per heavy atom. The molecule has 2 heterocycles. The van der Waals surface area contributed by atoms with E-state index in [4.69, 9.17) is 11.6 Å². The Morgan fingerprint density at radius 2 is 2.00 bits per heavy atom. The quantitative estimate of drug-likeness (QED) is 0.566. The lowest BCUT2D eigenvalue weighted by Crippen LogP contribution is -2.30. The Balaban J connectivity index is 1.69. The van der Waals surface area contributed by atoms with Crippen LogP contribution in [0.15, 0.2) is 52.0 Å². The largest absolute Gasteiger partial charge is 0.392 e. The Bertz CT molecular complexity index is 1190. The van der Waals surface area contributed by atoms with Gasteiger partial charge in [0.15, 0.2) is 0 Å². The number of hydrogen-bond donors (Lipinski definition) is 2. The van der Waals surface area contributed by atoms with E-state index < -0.39 is 21.9 Å². The summed E-state index contributed by atoms with van der Waals surface area (Å²) in [4.78, 5) is 7.34. The number of nitrogens with zero attached hydrogens (tertiary/aromatic N) is 2. The number of β-amino-alcohol motifs (C(OH)–C–C–N with tert-alkyl or cyclic N) is 1. The number of aliphatic hydroxyl groups is 1. The highest BCUT2D eigenvalue weighted by atomic mass is 79.9. The number of halogens is 3. The van der Waals surface area contributed by atoms with Gasteiger partial charge < -0.3 is 10.1 Å². The predicted octanol–water partition coefficient (Wildman–Crippen LogP) is 4.05. The number of sulfonamides is 1. The number of benzene rings is 2. The number of H-pyrrole nitrogens is 1. The summed E-state index contributed by atoms with van der Waals surface area (Å²) in [5.41, 5.74) is 1.72. The van der Waals surface area contributed by atoms with Crippen LogP contribution in [-0.4, -0.2) is 47.0 Å². The van der Waals surface area contributed by atoms with Crippen molar-refractivity contribution < 1.29 is 17.9 Å². The molecular formula is C19H16BrClFN3O3S. The van der Waals surface area contributed by atoms with Crippen LogP contribution in [0.25, 0.3) is 22.6 Å². The second kappa shape index (κ2) is 7.81. The van der Waals surface area contributed by atoms with E-state index in [1.54, 1.807) is 24.4 Å². The van der Waals surface area contributed by atoms with Crippen LogP contribution in [0.4, 0.5) is 4.39 Å². The van der Waals surface area contributed by atoms with Crippen LogP contribution in [0.5, 0.6) is 0 Å². The molecule has 2 aromatic carbocycles. The molecule has 0 spiro atoms. The molecule has 0 amide bonds. The SMILES string of the molecule is O=S(=O)(c1cc(-c2ncc(-c3ccc(Br)c(F)c3)[nH]2)ccc1Cl)N1CC[C@@H](O)C1. The fourth-order valence-corrected chi connectivity index (χ4v) is 5.43. The summed E-state index contributed by atoms with van der Waals surface area (Å²) in [6, 6.07) is 9.32. The van der Waals surface area contributed by atoms with Crippen molar-refractivity contribution in [1.82, 2.24) is 14.3 Å². The van der Waals surface area contributed by atoms with Gasteiger partial charge in [0.05, 0.1) is 27.5 Å². The van der Waals surface area contributed by atoms with E-state index in [-0.39, 0.29) is 23.0 Å². The molecule has 1 atom stereocenters. The molecule has 1 saturated heterocycles. The normalized spacial score (nSPS) is 17.7. The number of aromatic amines is 1. The molecule has 4 rings (SSSR count). The summed E-state index contributed by atoms with van der Waals surface area (Å²) >= 11 is 9.29. The summed E-state index contributed by atoms with van der Waals surface area (Å²) in [5.74, 6) is 0.0317. The van der Waals surface area contributed by atoms with Gasteiger partial charge in [-0.1, -0.05) is 17.7 Å². The summed E-state index contributed by atoms with van der Waals surface area (Å²) in [6.45, 7) is 0.285. The van der Waals surface area contributed by atoms with Crippen molar-refractivity contribution in [2.75, 3.05) is 13.1 Å². The zero-order valence-corrected chi connectivity index (χ0v) is 18.1. The van der Waals surface area contributed by atoms with E-state index in [0.29, 0.717) is 33.5 Å². The fourth-order valence-electron chi connectivity index (χ4n) is 3.19. The van der Waals surface area contributed by atoms with Gasteiger partial charge in [-0.15, -0.1) is 0 Å². The summed E-state index contributed by atoms with van der Waals surface area (Å²) in [5, 5.41) is 9.77. The molecule has 152 valence electrons. The number of hydrogen-bond acceptors (Lipinski definition) is 4. The maximum Gasteiger partial charge on any atom is 0.244 e. The Labute approximate surface area is 180 Å². The van der Waals surface area contributed by atoms with Crippen LogP contribution in [0.2, 0.25) is 5.02 Å².